The molecule has 0 spiro atoms. The van der Waals surface area contributed by atoms with Crippen LogP contribution in [0.15, 0.2) is 0 Å². The Kier molecular flexibility index (Phi) is 5.64. The van der Waals surface area contributed by atoms with Gasteiger partial charge in [0.05, 0.1) is 0 Å². The van der Waals surface area contributed by atoms with E-state index in [1.165, 1.54) is 56.8 Å². The van der Waals surface area contributed by atoms with Crippen LogP contribution in [0.1, 0.15) is 39.5 Å². The zero-order chi connectivity index (χ0) is 12.1. The number of hydrogen-bond donors (Lipinski definition) is 1. The number of nitrogens with zero attached hydrogens (tertiary/aromatic N) is 1. The summed E-state index contributed by atoms with van der Waals surface area (Å²) in [5.74, 6) is 3.60. The van der Waals surface area contributed by atoms with E-state index < -0.39 is 0 Å². The highest BCUT2D eigenvalue weighted by molar-refractivity contribution is 7.99. The lowest BCUT2D eigenvalue weighted by atomic mass is 9.90. The second kappa shape index (κ2) is 7.01. The van der Waals surface area contributed by atoms with Crippen molar-refractivity contribution in [3.8, 4) is 0 Å². The van der Waals surface area contributed by atoms with Gasteiger partial charge in [-0.2, -0.15) is 11.8 Å². The Hall–Kier alpha value is 0.270. The number of rotatable bonds is 5. The molecule has 0 aromatic carbocycles. The fraction of sp³-hybridized carbons (Fsp3) is 1.00. The van der Waals surface area contributed by atoms with Gasteiger partial charge in [-0.1, -0.05) is 6.92 Å². The van der Waals surface area contributed by atoms with Crippen molar-refractivity contribution in [3.05, 3.63) is 0 Å². The molecule has 2 aliphatic rings. The van der Waals surface area contributed by atoms with Crippen LogP contribution in [0.25, 0.3) is 0 Å². The third-order valence-corrected chi connectivity index (χ3v) is 5.47. The van der Waals surface area contributed by atoms with Crippen molar-refractivity contribution in [1.29, 1.82) is 0 Å². The molecule has 2 fully saturated rings. The second-order valence-electron chi connectivity index (χ2n) is 5.69. The normalized spacial score (nSPS) is 29.6. The van der Waals surface area contributed by atoms with E-state index in [1.807, 2.05) is 0 Å². The van der Waals surface area contributed by atoms with Gasteiger partial charge in [0, 0.05) is 17.8 Å². The van der Waals surface area contributed by atoms with Gasteiger partial charge < -0.3 is 10.2 Å². The molecule has 0 aromatic rings. The Balaban J connectivity index is 1.68. The van der Waals surface area contributed by atoms with Crippen LogP contribution >= 0.6 is 11.8 Å². The predicted molar refractivity (Wildman–Crippen MR) is 77.8 cm³/mol. The number of nitrogens with one attached hydrogen (secondary N) is 1. The fourth-order valence-electron chi connectivity index (χ4n) is 3.17. The van der Waals surface area contributed by atoms with Crippen molar-refractivity contribution in [1.82, 2.24) is 10.2 Å². The maximum absolute atomic E-state index is 3.86. The van der Waals surface area contributed by atoms with Gasteiger partial charge in [-0.05, 0) is 63.9 Å². The van der Waals surface area contributed by atoms with Gasteiger partial charge in [0.1, 0.15) is 0 Å². The lowest BCUT2D eigenvalue weighted by Crippen LogP contribution is -2.45. The average Bonchev–Trinajstić information content (AvgIpc) is 2.83. The molecular formula is C14H28N2S. The summed E-state index contributed by atoms with van der Waals surface area (Å²) in [5, 5.41) is 3.86. The van der Waals surface area contributed by atoms with Gasteiger partial charge in [-0.15, -0.1) is 0 Å². The average molecular weight is 256 g/mol. The van der Waals surface area contributed by atoms with Crippen LogP contribution in [0, 0.1) is 5.92 Å². The monoisotopic (exact) mass is 256 g/mol. The van der Waals surface area contributed by atoms with Crippen molar-refractivity contribution in [2.75, 3.05) is 31.1 Å². The molecule has 0 saturated carbocycles. The first-order valence-corrected chi connectivity index (χ1v) is 8.51. The minimum Gasteiger partial charge on any atom is -0.310 e. The molecule has 0 bridgehead atoms. The van der Waals surface area contributed by atoms with E-state index in [9.17, 15) is 0 Å². The molecule has 0 amide bonds. The summed E-state index contributed by atoms with van der Waals surface area (Å²) in [6.45, 7) is 8.64. The van der Waals surface area contributed by atoms with E-state index in [0.717, 1.165) is 18.0 Å². The Morgan fingerprint density at radius 2 is 2.06 bits per heavy atom. The Morgan fingerprint density at radius 3 is 2.65 bits per heavy atom. The third kappa shape index (κ3) is 4.15. The summed E-state index contributed by atoms with van der Waals surface area (Å²) in [4.78, 5) is 2.63. The lowest BCUT2D eigenvalue weighted by Gasteiger charge is -2.36. The minimum absolute atomic E-state index is 0.725. The van der Waals surface area contributed by atoms with Gasteiger partial charge in [-0.25, -0.2) is 0 Å². The highest BCUT2D eigenvalue weighted by Crippen LogP contribution is 2.23. The molecule has 2 atom stereocenters. The smallest absolute Gasteiger partial charge is 0.0168 e. The molecule has 2 nitrogen and oxygen atoms in total. The minimum atomic E-state index is 0.725. The van der Waals surface area contributed by atoms with Gasteiger partial charge in [0.25, 0.3) is 0 Å². The molecule has 1 N–H and O–H groups in total. The maximum Gasteiger partial charge on any atom is 0.0168 e. The Morgan fingerprint density at radius 1 is 1.29 bits per heavy atom. The van der Waals surface area contributed by atoms with Gasteiger partial charge >= 0.3 is 0 Å². The predicted octanol–water partition coefficient (Wildman–Crippen LogP) is 2.59. The van der Waals surface area contributed by atoms with E-state index in [4.69, 9.17) is 0 Å². The summed E-state index contributed by atoms with van der Waals surface area (Å²) in [6, 6.07) is 1.52. The van der Waals surface area contributed by atoms with Crippen LogP contribution in [0.2, 0.25) is 0 Å². The summed E-state index contributed by atoms with van der Waals surface area (Å²) >= 11 is 2.11. The van der Waals surface area contributed by atoms with E-state index >= 15 is 0 Å². The van der Waals surface area contributed by atoms with Gasteiger partial charge in [0.15, 0.2) is 0 Å². The summed E-state index contributed by atoms with van der Waals surface area (Å²) in [7, 11) is 0. The van der Waals surface area contributed by atoms with E-state index in [-0.39, 0.29) is 0 Å². The standard InChI is InChI=1S/C14H28N2S/c1-3-7-16-8-4-13(5-9-16)12(2)15-14-6-10-17-11-14/h12-15H,3-11H2,1-2H3. The molecule has 0 radical (unpaired) electrons. The van der Waals surface area contributed by atoms with Crippen LogP contribution in [-0.4, -0.2) is 48.1 Å². The van der Waals surface area contributed by atoms with E-state index in [1.54, 1.807) is 0 Å². The summed E-state index contributed by atoms with van der Waals surface area (Å²) < 4.78 is 0. The maximum atomic E-state index is 3.86. The Bertz CT molecular complexity index is 208. The fourth-order valence-corrected chi connectivity index (χ4v) is 4.33. The summed E-state index contributed by atoms with van der Waals surface area (Å²) in [6.07, 6.45) is 5.48. The molecule has 100 valence electrons. The van der Waals surface area contributed by atoms with Crippen LogP contribution < -0.4 is 5.32 Å². The quantitative estimate of drug-likeness (QED) is 0.814. The first kappa shape index (κ1) is 13.7. The van der Waals surface area contributed by atoms with Crippen molar-refractivity contribution >= 4 is 11.8 Å². The summed E-state index contributed by atoms with van der Waals surface area (Å²) in [5.41, 5.74) is 0. The topological polar surface area (TPSA) is 15.3 Å². The van der Waals surface area contributed by atoms with Crippen molar-refractivity contribution < 1.29 is 0 Å². The molecule has 2 unspecified atom stereocenters. The zero-order valence-electron chi connectivity index (χ0n) is 11.5. The first-order valence-electron chi connectivity index (χ1n) is 7.35. The molecule has 3 heteroatoms. The molecule has 0 aliphatic carbocycles. The molecule has 2 heterocycles. The Labute approximate surface area is 111 Å². The van der Waals surface area contributed by atoms with Crippen molar-refractivity contribution in [2.45, 2.75) is 51.6 Å². The molecule has 2 saturated heterocycles. The van der Waals surface area contributed by atoms with Crippen LogP contribution in [0.4, 0.5) is 0 Å². The van der Waals surface area contributed by atoms with E-state index in [2.05, 4.69) is 35.8 Å². The van der Waals surface area contributed by atoms with Crippen molar-refractivity contribution in [3.63, 3.8) is 0 Å². The molecular weight excluding hydrogens is 228 g/mol. The van der Waals surface area contributed by atoms with Crippen molar-refractivity contribution in [2.24, 2.45) is 5.92 Å². The highest BCUT2D eigenvalue weighted by atomic mass is 32.2. The van der Waals surface area contributed by atoms with Crippen LogP contribution in [0.5, 0.6) is 0 Å². The number of piperidine rings is 1. The lowest BCUT2D eigenvalue weighted by molar-refractivity contribution is 0.159. The van der Waals surface area contributed by atoms with E-state index in [0.29, 0.717) is 0 Å². The molecule has 0 aromatic heterocycles. The highest BCUT2D eigenvalue weighted by Gasteiger charge is 2.26. The largest absolute Gasteiger partial charge is 0.310 e. The second-order valence-corrected chi connectivity index (χ2v) is 6.84. The first-order chi connectivity index (χ1) is 8.29. The SMILES string of the molecule is CCCN1CCC(C(C)NC2CCSC2)CC1. The molecule has 17 heavy (non-hydrogen) atoms. The third-order valence-electron chi connectivity index (χ3n) is 4.31. The molecule has 2 rings (SSSR count). The van der Waals surface area contributed by atoms with Crippen LogP contribution in [-0.2, 0) is 0 Å². The zero-order valence-corrected chi connectivity index (χ0v) is 12.3. The number of thioether (sulfide) groups is 1. The van der Waals surface area contributed by atoms with Gasteiger partial charge in [-0.3, -0.25) is 0 Å². The molecule has 2 aliphatic heterocycles. The number of likely N-dealkylation sites (tertiary alicyclic amines) is 1. The number of hydrogen-bond acceptors (Lipinski definition) is 3. The van der Waals surface area contributed by atoms with Crippen LogP contribution in [0.3, 0.4) is 0 Å². The van der Waals surface area contributed by atoms with Gasteiger partial charge in [0.2, 0.25) is 0 Å².